The molecule has 0 aliphatic heterocycles. The monoisotopic (exact) mass is 618 g/mol. The molecule has 0 unspecified atom stereocenters. The maximum Gasteiger partial charge on any atom is 0.416 e. The predicted molar refractivity (Wildman–Crippen MR) is 169 cm³/mol. The molecule has 3 amide bonds. The van der Waals surface area contributed by atoms with Crippen molar-refractivity contribution in [1.82, 2.24) is 5.32 Å². The maximum atomic E-state index is 13.4. The van der Waals surface area contributed by atoms with Gasteiger partial charge in [-0.2, -0.15) is 13.2 Å². The molecule has 0 radical (unpaired) electrons. The Morgan fingerprint density at radius 3 is 2.11 bits per heavy atom. The molecule has 0 atom stereocenters. The molecule has 0 fully saturated rings. The molecule has 0 aliphatic rings. The van der Waals surface area contributed by atoms with Gasteiger partial charge >= 0.3 is 6.18 Å². The number of hydrogen-bond donors (Lipinski definition) is 3. The number of nitrogens with zero attached hydrogens (tertiary/aromatic N) is 1. The normalized spacial score (nSPS) is 11.4. The number of rotatable bonds is 10. The Morgan fingerprint density at radius 1 is 0.795 bits per heavy atom. The predicted octanol–water partition coefficient (Wildman–Crippen LogP) is 6.91. The van der Waals surface area contributed by atoms with Gasteiger partial charge in [0.2, 0.25) is 5.91 Å². The van der Waals surface area contributed by atoms with E-state index < -0.39 is 29.5 Å². The maximum absolute atomic E-state index is 13.4. The van der Waals surface area contributed by atoms with E-state index in [0.29, 0.717) is 21.7 Å². The summed E-state index contributed by atoms with van der Waals surface area (Å²) >= 11 is 1.15. The van der Waals surface area contributed by atoms with Crippen LogP contribution in [0.2, 0.25) is 0 Å². The Hall–Kier alpha value is -5.03. The summed E-state index contributed by atoms with van der Waals surface area (Å²) in [6.45, 7) is 0. The standard InChI is InChI=1S/C33H29F3N4O3S/c1-40(2)27-16-14-22(15-17-27)18-29(39-31(42)23-8-4-3-5-9-23)32(43)38-26-12-7-13-28(20-26)44-21-30(41)37-25-11-6-10-24(19-25)33(34,35)36/h3-20H,21H2,1-2H3,(H,37,41)(H,38,43)(H,39,42)/b29-18+. The van der Waals surface area contributed by atoms with Crippen LogP contribution in [0.1, 0.15) is 21.5 Å². The number of carbonyl (C=O) groups is 3. The van der Waals surface area contributed by atoms with E-state index in [1.807, 2.05) is 43.3 Å². The van der Waals surface area contributed by atoms with Crippen molar-refractivity contribution in [3.8, 4) is 0 Å². The van der Waals surface area contributed by atoms with Crippen molar-refractivity contribution in [3.63, 3.8) is 0 Å². The fourth-order valence-electron chi connectivity index (χ4n) is 3.96. The first-order valence-corrected chi connectivity index (χ1v) is 14.3. The number of anilines is 3. The largest absolute Gasteiger partial charge is 0.416 e. The number of benzene rings is 4. The molecule has 0 saturated carbocycles. The number of carbonyl (C=O) groups excluding carboxylic acids is 3. The van der Waals surface area contributed by atoms with Crippen molar-refractivity contribution in [1.29, 1.82) is 0 Å². The van der Waals surface area contributed by atoms with Crippen LogP contribution >= 0.6 is 11.8 Å². The molecular formula is C33H29F3N4O3S. The molecule has 3 N–H and O–H groups in total. The third-order valence-electron chi connectivity index (χ3n) is 6.18. The van der Waals surface area contributed by atoms with Crippen LogP contribution in [0.15, 0.2) is 114 Å². The second-order valence-corrected chi connectivity index (χ2v) is 10.8. The zero-order chi connectivity index (χ0) is 31.7. The number of alkyl halides is 3. The summed E-state index contributed by atoms with van der Waals surface area (Å²) in [5.74, 6) is -1.57. The van der Waals surface area contributed by atoms with E-state index in [1.165, 1.54) is 12.1 Å². The topological polar surface area (TPSA) is 90.5 Å². The first-order valence-electron chi connectivity index (χ1n) is 13.3. The number of halogens is 3. The van der Waals surface area contributed by atoms with Crippen LogP contribution in [0.3, 0.4) is 0 Å². The molecule has 0 aromatic heterocycles. The van der Waals surface area contributed by atoms with E-state index in [4.69, 9.17) is 0 Å². The second-order valence-electron chi connectivity index (χ2n) is 9.76. The number of amides is 3. The average Bonchev–Trinajstić information content (AvgIpc) is 3.00. The third-order valence-corrected chi connectivity index (χ3v) is 7.18. The van der Waals surface area contributed by atoms with Crippen LogP contribution in [0, 0.1) is 0 Å². The second kappa shape index (κ2) is 14.4. The lowest BCUT2D eigenvalue weighted by Gasteiger charge is -2.14. The minimum Gasteiger partial charge on any atom is -0.378 e. The molecule has 0 bridgehead atoms. The van der Waals surface area contributed by atoms with Crippen molar-refractivity contribution < 1.29 is 27.6 Å². The summed E-state index contributed by atoms with van der Waals surface area (Å²) < 4.78 is 38.9. The van der Waals surface area contributed by atoms with Gasteiger partial charge in [-0.25, -0.2) is 0 Å². The highest BCUT2D eigenvalue weighted by molar-refractivity contribution is 8.00. The molecule has 0 saturated heterocycles. The van der Waals surface area contributed by atoms with Crippen LogP contribution in [-0.2, 0) is 15.8 Å². The summed E-state index contributed by atoms with van der Waals surface area (Å²) in [5.41, 5.74) is 1.68. The van der Waals surface area contributed by atoms with Gasteiger partial charge < -0.3 is 20.9 Å². The van der Waals surface area contributed by atoms with Gasteiger partial charge in [0.05, 0.1) is 11.3 Å². The molecule has 44 heavy (non-hydrogen) atoms. The van der Waals surface area contributed by atoms with Crippen molar-refractivity contribution in [2.24, 2.45) is 0 Å². The van der Waals surface area contributed by atoms with E-state index in [-0.39, 0.29) is 17.1 Å². The minimum atomic E-state index is -4.52. The summed E-state index contributed by atoms with van der Waals surface area (Å²) in [6, 6.07) is 27.1. The van der Waals surface area contributed by atoms with Crippen LogP contribution in [-0.4, -0.2) is 37.6 Å². The van der Waals surface area contributed by atoms with Crippen molar-refractivity contribution >= 4 is 52.6 Å². The summed E-state index contributed by atoms with van der Waals surface area (Å²) in [5, 5.41) is 7.96. The van der Waals surface area contributed by atoms with Gasteiger partial charge in [-0.3, -0.25) is 14.4 Å². The van der Waals surface area contributed by atoms with E-state index in [0.717, 1.165) is 29.6 Å². The summed E-state index contributed by atoms with van der Waals surface area (Å²) in [6.07, 6.45) is -2.94. The lowest BCUT2D eigenvalue weighted by molar-refractivity contribution is -0.137. The average molecular weight is 619 g/mol. The van der Waals surface area contributed by atoms with Gasteiger partial charge in [-0.05, 0) is 72.3 Å². The van der Waals surface area contributed by atoms with Crippen molar-refractivity contribution in [2.75, 3.05) is 35.4 Å². The van der Waals surface area contributed by atoms with Gasteiger partial charge in [0.1, 0.15) is 5.70 Å². The Balaban J connectivity index is 1.45. The fraction of sp³-hybridized carbons (Fsp3) is 0.121. The van der Waals surface area contributed by atoms with Crippen LogP contribution in [0.5, 0.6) is 0 Å². The highest BCUT2D eigenvalue weighted by Gasteiger charge is 2.30. The zero-order valence-electron chi connectivity index (χ0n) is 23.8. The van der Waals surface area contributed by atoms with Crippen LogP contribution < -0.4 is 20.9 Å². The first kappa shape index (κ1) is 31.9. The van der Waals surface area contributed by atoms with E-state index in [9.17, 15) is 27.6 Å². The Labute approximate surface area is 257 Å². The van der Waals surface area contributed by atoms with E-state index in [2.05, 4.69) is 16.0 Å². The molecule has 11 heteroatoms. The van der Waals surface area contributed by atoms with Gasteiger partial charge in [-0.1, -0.05) is 42.5 Å². The molecule has 0 aliphatic carbocycles. The molecule has 0 heterocycles. The Bertz CT molecular complexity index is 1660. The quantitative estimate of drug-likeness (QED) is 0.133. The molecular weight excluding hydrogens is 589 g/mol. The van der Waals surface area contributed by atoms with Gasteiger partial charge in [0, 0.05) is 41.6 Å². The van der Waals surface area contributed by atoms with Gasteiger partial charge in [-0.15, -0.1) is 11.8 Å². The first-order chi connectivity index (χ1) is 21.0. The smallest absolute Gasteiger partial charge is 0.378 e. The molecule has 226 valence electrons. The molecule has 4 rings (SSSR count). The number of hydrogen-bond acceptors (Lipinski definition) is 5. The van der Waals surface area contributed by atoms with Crippen LogP contribution in [0.4, 0.5) is 30.2 Å². The van der Waals surface area contributed by atoms with Crippen LogP contribution in [0.25, 0.3) is 6.08 Å². The minimum absolute atomic E-state index is 0.0231. The van der Waals surface area contributed by atoms with Crippen molar-refractivity contribution in [3.05, 3.63) is 126 Å². The third kappa shape index (κ3) is 9.23. The van der Waals surface area contributed by atoms with E-state index in [1.54, 1.807) is 60.7 Å². The molecule has 4 aromatic carbocycles. The number of thioether (sulfide) groups is 1. The SMILES string of the molecule is CN(C)c1ccc(/C=C(/NC(=O)c2ccccc2)C(=O)Nc2cccc(SCC(=O)Nc3cccc(C(F)(F)F)c3)c2)cc1. The molecule has 0 spiro atoms. The summed E-state index contributed by atoms with van der Waals surface area (Å²) in [7, 11) is 3.83. The molecule has 4 aromatic rings. The van der Waals surface area contributed by atoms with Gasteiger partial charge in [0.25, 0.3) is 11.8 Å². The number of nitrogens with one attached hydrogen (secondary N) is 3. The van der Waals surface area contributed by atoms with Gasteiger partial charge in [0.15, 0.2) is 0 Å². The lowest BCUT2D eigenvalue weighted by Crippen LogP contribution is -2.30. The Morgan fingerprint density at radius 2 is 1.45 bits per heavy atom. The van der Waals surface area contributed by atoms with E-state index >= 15 is 0 Å². The highest BCUT2D eigenvalue weighted by atomic mass is 32.2. The fourth-order valence-corrected chi connectivity index (χ4v) is 4.71. The summed E-state index contributed by atoms with van der Waals surface area (Å²) in [4.78, 5) is 41.3. The van der Waals surface area contributed by atoms with Crippen molar-refractivity contribution in [2.45, 2.75) is 11.1 Å². The lowest BCUT2D eigenvalue weighted by atomic mass is 10.1. The Kier molecular flexibility index (Phi) is 10.5. The zero-order valence-corrected chi connectivity index (χ0v) is 24.6. The molecule has 7 nitrogen and oxygen atoms in total. The highest BCUT2D eigenvalue weighted by Crippen LogP contribution is 2.31.